The van der Waals surface area contributed by atoms with E-state index in [1.807, 2.05) is 24.3 Å². The van der Waals surface area contributed by atoms with Crippen molar-refractivity contribution in [3.63, 3.8) is 0 Å². The minimum absolute atomic E-state index is 0.221. The Kier molecular flexibility index (Phi) is 4.84. The highest BCUT2D eigenvalue weighted by Gasteiger charge is 2.21. The molecule has 8 heteroatoms. The third-order valence-electron chi connectivity index (χ3n) is 4.68. The van der Waals surface area contributed by atoms with Crippen molar-refractivity contribution in [2.45, 2.75) is 6.54 Å². The first-order chi connectivity index (χ1) is 13.7. The van der Waals surface area contributed by atoms with Crippen LogP contribution in [0.3, 0.4) is 0 Å². The molecule has 1 aliphatic rings. The number of carbonyl (C=O) groups excluding carboxylic acids is 2. The second kappa shape index (κ2) is 7.59. The van der Waals surface area contributed by atoms with Crippen LogP contribution in [0.4, 0.5) is 10.5 Å². The molecule has 1 aromatic heterocycles. The summed E-state index contributed by atoms with van der Waals surface area (Å²) < 4.78 is 12.0. The summed E-state index contributed by atoms with van der Waals surface area (Å²) in [5.41, 5.74) is 1.15. The maximum Gasteiger partial charge on any atom is 0.410 e. The van der Waals surface area contributed by atoms with Crippen molar-refractivity contribution in [3.8, 4) is 5.75 Å². The molecule has 1 aliphatic heterocycles. The van der Waals surface area contributed by atoms with Crippen molar-refractivity contribution in [1.82, 2.24) is 14.7 Å². The van der Waals surface area contributed by atoms with E-state index in [-0.39, 0.29) is 12.0 Å². The van der Waals surface area contributed by atoms with Gasteiger partial charge in [0.1, 0.15) is 12.4 Å². The minimum atomic E-state index is -0.299. The molecule has 2 heterocycles. The Balaban J connectivity index is 1.46. The molecule has 0 spiro atoms. The summed E-state index contributed by atoms with van der Waals surface area (Å²) in [5.74, 6) is 0.502. The summed E-state index contributed by atoms with van der Waals surface area (Å²) in [6, 6.07) is 11.2. The van der Waals surface area contributed by atoms with Crippen LogP contribution >= 0.6 is 0 Å². The lowest BCUT2D eigenvalue weighted by Crippen LogP contribution is -2.28. The van der Waals surface area contributed by atoms with Crippen LogP contribution in [-0.4, -0.2) is 53.5 Å². The Morgan fingerprint density at radius 2 is 2.04 bits per heavy atom. The van der Waals surface area contributed by atoms with Gasteiger partial charge in [0.2, 0.25) is 0 Å². The smallest absolute Gasteiger partial charge is 0.410 e. The second-order valence-electron chi connectivity index (χ2n) is 6.41. The average molecular weight is 380 g/mol. The van der Waals surface area contributed by atoms with Crippen LogP contribution in [0.2, 0.25) is 0 Å². The molecular weight excluding hydrogens is 360 g/mol. The molecule has 4 rings (SSSR count). The fourth-order valence-electron chi connectivity index (χ4n) is 3.25. The fourth-order valence-corrected chi connectivity index (χ4v) is 3.25. The number of carbonyl (C=O) groups is 2. The van der Waals surface area contributed by atoms with Crippen molar-refractivity contribution < 1.29 is 19.1 Å². The van der Waals surface area contributed by atoms with Crippen LogP contribution in [-0.2, 0) is 11.3 Å². The van der Waals surface area contributed by atoms with Gasteiger partial charge in [0, 0.05) is 23.7 Å². The van der Waals surface area contributed by atoms with E-state index in [9.17, 15) is 9.59 Å². The van der Waals surface area contributed by atoms with E-state index in [1.54, 1.807) is 41.2 Å². The Morgan fingerprint density at radius 3 is 2.79 bits per heavy atom. The van der Waals surface area contributed by atoms with E-state index in [0.717, 1.165) is 16.5 Å². The SMILES string of the molecule is COc1ccc(C(=O)Nc2cnn(CCN3CCOC3=O)c2)c2ccccc12. The number of rotatable bonds is 6. The number of methoxy groups -OCH3 is 1. The topological polar surface area (TPSA) is 85.7 Å². The van der Waals surface area contributed by atoms with Gasteiger partial charge >= 0.3 is 6.09 Å². The Bertz CT molecular complexity index is 1030. The molecule has 0 unspecified atom stereocenters. The van der Waals surface area contributed by atoms with Gasteiger partial charge in [-0.1, -0.05) is 24.3 Å². The van der Waals surface area contributed by atoms with Gasteiger partial charge in [-0.2, -0.15) is 5.10 Å². The van der Waals surface area contributed by atoms with Gasteiger partial charge in [0.15, 0.2) is 0 Å². The van der Waals surface area contributed by atoms with E-state index in [4.69, 9.17) is 9.47 Å². The van der Waals surface area contributed by atoms with Gasteiger partial charge in [0.05, 0.1) is 32.1 Å². The number of hydrogen-bond acceptors (Lipinski definition) is 5. The molecule has 0 saturated carbocycles. The summed E-state index contributed by atoms with van der Waals surface area (Å²) in [6.07, 6.45) is 3.03. The monoisotopic (exact) mass is 380 g/mol. The van der Waals surface area contributed by atoms with E-state index >= 15 is 0 Å². The lowest BCUT2D eigenvalue weighted by atomic mass is 10.0. The molecule has 28 heavy (non-hydrogen) atoms. The van der Waals surface area contributed by atoms with Crippen molar-refractivity contribution in [2.75, 3.05) is 32.1 Å². The second-order valence-corrected chi connectivity index (χ2v) is 6.41. The van der Waals surface area contributed by atoms with Crippen LogP contribution < -0.4 is 10.1 Å². The number of ether oxygens (including phenoxy) is 2. The molecule has 2 aromatic carbocycles. The molecule has 0 aliphatic carbocycles. The molecule has 0 radical (unpaired) electrons. The highest BCUT2D eigenvalue weighted by atomic mass is 16.6. The maximum atomic E-state index is 12.8. The van der Waals surface area contributed by atoms with Gasteiger partial charge in [-0.3, -0.25) is 9.48 Å². The van der Waals surface area contributed by atoms with Gasteiger partial charge in [-0.05, 0) is 17.5 Å². The molecule has 144 valence electrons. The van der Waals surface area contributed by atoms with Crippen LogP contribution in [0.1, 0.15) is 10.4 Å². The number of benzene rings is 2. The average Bonchev–Trinajstić information content (AvgIpc) is 3.33. The molecule has 8 nitrogen and oxygen atoms in total. The van der Waals surface area contributed by atoms with Crippen LogP contribution in [0.15, 0.2) is 48.8 Å². The van der Waals surface area contributed by atoms with E-state index in [2.05, 4.69) is 10.4 Å². The Morgan fingerprint density at radius 1 is 1.21 bits per heavy atom. The highest BCUT2D eigenvalue weighted by molar-refractivity contribution is 6.13. The minimum Gasteiger partial charge on any atom is -0.496 e. The molecule has 0 bridgehead atoms. The largest absolute Gasteiger partial charge is 0.496 e. The van der Waals surface area contributed by atoms with Gasteiger partial charge < -0.3 is 19.7 Å². The number of nitrogens with zero attached hydrogens (tertiary/aromatic N) is 3. The van der Waals surface area contributed by atoms with Gasteiger partial charge in [-0.25, -0.2) is 4.79 Å². The number of cyclic esters (lactones) is 1. The molecule has 3 aromatic rings. The van der Waals surface area contributed by atoms with Crippen LogP contribution in [0, 0.1) is 0 Å². The molecule has 0 atom stereocenters. The highest BCUT2D eigenvalue weighted by Crippen LogP contribution is 2.28. The fraction of sp³-hybridized carbons (Fsp3) is 0.250. The third-order valence-corrected chi connectivity index (χ3v) is 4.68. The van der Waals surface area contributed by atoms with E-state index in [1.165, 1.54) is 0 Å². The standard InChI is InChI=1S/C20H20N4O4/c1-27-18-7-6-17(15-4-2-3-5-16(15)18)19(25)22-14-12-21-24(13-14)9-8-23-10-11-28-20(23)26/h2-7,12-13H,8-11H2,1H3,(H,22,25). The lowest BCUT2D eigenvalue weighted by molar-refractivity contribution is 0.102. The molecule has 1 saturated heterocycles. The number of aromatic nitrogens is 2. The lowest BCUT2D eigenvalue weighted by Gasteiger charge is -2.12. The van der Waals surface area contributed by atoms with E-state index < -0.39 is 0 Å². The number of fused-ring (bicyclic) bond motifs is 1. The molecule has 2 amide bonds. The Labute approximate surface area is 161 Å². The quantitative estimate of drug-likeness (QED) is 0.711. The van der Waals surface area contributed by atoms with Gasteiger partial charge in [-0.15, -0.1) is 0 Å². The van der Waals surface area contributed by atoms with Crippen molar-refractivity contribution in [1.29, 1.82) is 0 Å². The van der Waals surface area contributed by atoms with Gasteiger partial charge in [0.25, 0.3) is 5.91 Å². The van der Waals surface area contributed by atoms with E-state index in [0.29, 0.717) is 37.5 Å². The zero-order valence-electron chi connectivity index (χ0n) is 15.4. The van der Waals surface area contributed by atoms with Crippen molar-refractivity contribution in [3.05, 3.63) is 54.4 Å². The Hall–Kier alpha value is -3.55. The summed E-state index contributed by atoms with van der Waals surface area (Å²) in [4.78, 5) is 25.9. The molecular formula is C20H20N4O4. The zero-order chi connectivity index (χ0) is 19.5. The first kappa shape index (κ1) is 17.8. The number of anilines is 1. The maximum absolute atomic E-state index is 12.8. The molecule has 1 N–H and O–H groups in total. The molecule has 1 fully saturated rings. The van der Waals surface area contributed by atoms with Crippen molar-refractivity contribution >= 4 is 28.5 Å². The normalized spacial score (nSPS) is 13.6. The van der Waals surface area contributed by atoms with Crippen LogP contribution in [0.5, 0.6) is 5.75 Å². The number of nitrogens with one attached hydrogen (secondary N) is 1. The first-order valence-corrected chi connectivity index (χ1v) is 8.97. The number of amides is 2. The summed E-state index contributed by atoms with van der Waals surface area (Å²) in [5, 5.41) is 8.82. The number of hydrogen-bond donors (Lipinski definition) is 1. The predicted molar refractivity (Wildman–Crippen MR) is 104 cm³/mol. The zero-order valence-corrected chi connectivity index (χ0v) is 15.4. The first-order valence-electron chi connectivity index (χ1n) is 8.97. The van der Waals surface area contributed by atoms with Crippen LogP contribution in [0.25, 0.3) is 10.8 Å². The summed E-state index contributed by atoms with van der Waals surface area (Å²) in [6.45, 7) is 2.05. The van der Waals surface area contributed by atoms with Crippen molar-refractivity contribution in [2.24, 2.45) is 0 Å². The summed E-state index contributed by atoms with van der Waals surface area (Å²) >= 11 is 0. The summed E-state index contributed by atoms with van der Waals surface area (Å²) in [7, 11) is 1.61. The third kappa shape index (κ3) is 3.48. The predicted octanol–water partition coefficient (Wildman–Crippen LogP) is 2.75.